The standard InChI is InChI=1S/C17H28FN3O2/c1-14-12-15(6-7-16(14)18)13-21-17(19-2)20-8-4-5-9-23-11-10-22-3/h6-7,12H,4-5,8-11,13H2,1-3H3,(H2,19,20,21). The van der Waals surface area contributed by atoms with Gasteiger partial charge in [-0.25, -0.2) is 4.39 Å². The number of nitrogens with zero attached hydrogens (tertiary/aromatic N) is 1. The molecule has 0 fully saturated rings. The van der Waals surface area contributed by atoms with Crippen molar-refractivity contribution in [2.45, 2.75) is 26.3 Å². The first-order valence-electron chi connectivity index (χ1n) is 7.93. The molecule has 1 rings (SSSR count). The summed E-state index contributed by atoms with van der Waals surface area (Å²) in [5.74, 6) is 0.566. The Morgan fingerprint density at radius 1 is 1.17 bits per heavy atom. The van der Waals surface area contributed by atoms with Gasteiger partial charge >= 0.3 is 0 Å². The zero-order chi connectivity index (χ0) is 16.9. The van der Waals surface area contributed by atoms with Crippen LogP contribution in [0.15, 0.2) is 23.2 Å². The molecule has 0 saturated heterocycles. The third kappa shape index (κ3) is 8.52. The molecule has 1 aromatic rings. The van der Waals surface area contributed by atoms with Crippen molar-refractivity contribution in [3.63, 3.8) is 0 Å². The minimum atomic E-state index is -0.177. The summed E-state index contributed by atoms with van der Waals surface area (Å²) < 4.78 is 23.5. The molecular formula is C17H28FN3O2. The van der Waals surface area contributed by atoms with Crippen LogP contribution in [0.3, 0.4) is 0 Å². The molecule has 5 nitrogen and oxygen atoms in total. The highest BCUT2D eigenvalue weighted by Gasteiger charge is 2.01. The molecule has 0 spiro atoms. The first-order valence-corrected chi connectivity index (χ1v) is 7.93. The van der Waals surface area contributed by atoms with Crippen LogP contribution in [-0.2, 0) is 16.0 Å². The number of aryl methyl sites for hydroxylation is 1. The van der Waals surface area contributed by atoms with Crippen LogP contribution in [-0.4, -0.2) is 46.5 Å². The smallest absolute Gasteiger partial charge is 0.191 e. The lowest BCUT2D eigenvalue weighted by atomic mass is 10.1. The van der Waals surface area contributed by atoms with Crippen LogP contribution in [0.2, 0.25) is 0 Å². The lowest BCUT2D eigenvalue weighted by Crippen LogP contribution is -2.37. The van der Waals surface area contributed by atoms with Crippen LogP contribution in [0.5, 0.6) is 0 Å². The summed E-state index contributed by atoms with van der Waals surface area (Å²) in [6.07, 6.45) is 1.99. The number of guanidine groups is 1. The van der Waals surface area contributed by atoms with Crippen LogP contribution in [0.4, 0.5) is 4.39 Å². The first-order chi connectivity index (χ1) is 11.2. The second-order valence-corrected chi connectivity index (χ2v) is 5.25. The Morgan fingerprint density at radius 3 is 2.70 bits per heavy atom. The van der Waals surface area contributed by atoms with Crippen molar-refractivity contribution in [1.82, 2.24) is 10.6 Å². The van der Waals surface area contributed by atoms with Gasteiger partial charge in [0.15, 0.2) is 5.96 Å². The Hall–Kier alpha value is -1.66. The molecule has 0 heterocycles. The molecule has 0 aliphatic heterocycles. The predicted molar refractivity (Wildman–Crippen MR) is 91.3 cm³/mol. The van der Waals surface area contributed by atoms with Crippen molar-refractivity contribution in [2.75, 3.05) is 40.5 Å². The van der Waals surface area contributed by atoms with E-state index in [0.29, 0.717) is 25.3 Å². The number of aliphatic imine (C=N–C) groups is 1. The van der Waals surface area contributed by atoms with Gasteiger partial charge in [-0.2, -0.15) is 0 Å². The fraction of sp³-hybridized carbons (Fsp3) is 0.588. The maximum Gasteiger partial charge on any atom is 0.191 e. The van der Waals surface area contributed by atoms with Gasteiger partial charge in [-0.15, -0.1) is 0 Å². The Labute approximate surface area is 138 Å². The number of ether oxygens (including phenoxy) is 2. The molecule has 0 aromatic heterocycles. The number of halogens is 1. The fourth-order valence-corrected chi connectivity index (χ4v) is 2.00. The van der Waals surface area contributed by atoms with E-state index in [1.54, 1.807) is 27.1 Å². The highest BCUT2D eigenvalue weighted by atomic mass is 19.1. The zero-order valence-corrected chi connectivity index (χ0v) is 14.3. The Balaban J connectivity index is 2.16. The fourth-order valence-electron chi connectivity index (χ4n) is 2.00. The highest BCUT2D eigenvalue weighted by molar-refractivity contribution is 5.79. The zero-order valence-electron chi connectivity index (χ0n) is 14.3. The van der Waals surface area contributed by atoms with E-state index in [9.17, 15) is 4.39 Å². The molecule has 0 radical (unpaired) electrons. The Kier molecular flexibility index (Phi) is 9.99. The quantitative estimate of drug-likeness (QED) is 0.393. The summed E-state index contributed by atoms with van der Waals surface area (Å²) in [4.78, 5) is 4.17. The molecular weight excluding hydrogens is 297 g/mol. The maximum absolute atomic E-state index is 13.2. The number of nitrogens with one attached hydrogen (secondary N) is 2. The largest absolute Gasteiger partial charge is 0.382 e. The van der Waals surface area contributed by atoms with E-state index in [-0.39, 0.29) is 5.82 Å². The van der Waals surface area contributed by atoms with Gasteiger partial charge in [0.1, 0.15) is 5.82 Å². The molecule has 2 N–H and O–H groups in total. The van der Waals surface area contributed by atoms with E-state index in [1.807, 2.05) is 6.07 Å². The van der Waals surface area contributed by atoms with Gasteiger partial charge in [-0.1, -0.05) is 12.1 Å². The summed E-state index contributed by atoms with van der Waals surface area (Å²) in [6, 6.07) is 5.11. The average molecular weight is 325 g/mol. The molecule has 0 atom stereocenters. The SMILES string of the molecule is CN=C(NCCCCOCCOC)NCc1ccc(F)c(C)c1. The molecule has 0 aliphatic rings. The molecule has 1 aromatic carbocycles. The van der Waals surface area contributed by atoms with Gasteiger partial charge in [0.05, 0.1) is 13.2 Å². The number of benzene rings is 1. The molecule has 0 aliphatic carbocycles. The van der Waals surface area contributed by atoms with Crippen molar-refractivity contribution < 1.29 is 13.9 Å². The van der Waals surface area contributed by atoms with Crippen molar-refractivity contribution >= 4 is 5.96 Å². The van der Waals surface area contributed by atoms with Gasteiger partial charge < -0.3 is 20.1 Å². The maximum atomic E-state index is 13.2. The lowest BCUT2D eigenvalue weighted by molar-refractivity contribution is 0.0689. The van der Waals surface area contributed by atoms with Crippen LogP contribution < -0.4 is 10.6 Å². The monoisotopic (exact) mass is 325 g/mol. The number of hydrogen-bond acceptors (Lipinski definition) is 3. The van der Waals surface area contributed by atoms with Crippen LogP contribution in [0.25, 0.3) is 0 Å². The lowest BCUT2D eigenvalue weighted by Gasteiger charge is -2.12. The van der Waals surface area contributed by atoms with E-state index < -0.39 is 0 Å². The topological polar surface area (TPSA) is 54.9 Å². The predicted octanol–water partition coefficient (Wildman–Crippen LogP) is 2.24. The Bertz CT molecular complexity index is 481. The van der Waals surface area contributed by atoms with E-state index in [0.717, 1.165) is 37.5 Å². The molecule has 130 valence electrons. The van der Waals surface area contributed by atoms with Crippen molar-refractivity contribution in [3.8, 4) is 0 Å². The molecule has 23 heavy (non-hydrogen) atoms. The summed E-state index contributed by atoms with van der Waals surface area (Å²) in [7, 11) is 3.40. The van der Waals surface area contributed by atoms with Gasteiger partial charge in [0, 0.05) is 33.9 Å². The summed E-state index contributed by atoms with van der Waals surface area (Å²) in [6.45, 7) is 5.23. The van der Waals surface area contributed by atoms with Gasteiger partial charge in [0.25, 0.3) is 0 Å². The second kappa shape index (κ2) is 11.8. The minimum Gasteiger partial charge on any atom is -0.382 e. The van der Waals surface area contributed by atoms with Gasteiger partial charge in [-0.05, 0) is 37.0 Å². The van der Waals surface area contributed by atoms with Crippen molar-refractivity contribution in [2.24, 2.45) is 4.99 Å². The number of methoxy groups -OCH3 is 1. The summed E-state index contributed by atoms with van der Waals surface area (Å²) in [5, 5.41) is 6.47. The Morgan fingerprint density at radius 2 is 2.00 bits per heavy atom. The number of rotatable bonds is 10. The number of unbranched alkanes of at least 4 members (excludes halogenated alkanes) is 1. The summed E-state index contributed by atoms with van der Waals surface area (Å²) >= 11 is 0. The number of hydrogen-bond donors (Lipinski definition) is 2. The normalized spacial score (nSPS) is 11.6. The third-order valence-corrected chi connectivity index (χ3v) is 3.35. The van der Waals surface area contributed by atoms with Crippen LogP contribution in [0.1, 0.15) is 24.0 Å². The van der Waals surface area contributed by atoms with Crippen molar-refractivity contribution in [3.05, 3.63) is 35.1 Å². The molecule has 0 bridgehead atoms. The molecule has 0 amide bonds. The van der Waals surface area contributed by atoms with E-state index in [2.05, 4.69) is 15.6 Å². The first kappa shape index (κ1) is 19.4. The van der Waals surface area contributed by atoms with Crippen LogP contribution >= 0.6 is 0 Å². The van der Waals surface area contributed by atoms with E-state index >= 15 is 0 Å². The van der Waals surface area contributed by atoms with E-state index in [1.165, 1.54) is 6.07 Å². The van der Waals surface area contributed by atoms with Gasteiger partial charge in [-0.3, -0.25) is 4.99 Å². The summed E-state index contributed by atoms with van der Waals surface area (Å²) in [5.41, 5.74) is 1.68. The molecule has 6 heteroatoms. The molecule has 0 unspecified atom stereocenters. The average Bonchev–Trinajstić information content (AvgIpc) is 2.56. The van der Waals surface area contributed by atoms with Crippen molar-refractivity contribution in [1.29, 1.82) is 0 Å². The van der Waals surface area contributed by atoms with Gasteiger partial charge in [0.2, 0.25) is 0 Å². The third-order valence-electron chi connectivity index (χ3n) is 3.35. The minimum absolute atomic E-state index is 0.177. The molecule has 0 saturated carbocycles. The van der Waals surface area contributed by atoms with Crippen LogP contribution in [0, 0.1) is 12.7 Å². The highest BCUT2D eigenvalue weighted by Crippen LogP contribution is 2.08. The second-order valence-electron chi connectivity index (χ2n) is 5.25. The van der Waals surface area contributed by atoms with E-state index in [4.69, 9.17) is 9.47 Å².